The van der Waals surface area contributed by atoms with Gasteiger partial charge in [0.15, 0.2) is 0 Å². The van der Waals surface area contributed by atoms with Crippen LogP contribution in [0, 0.1) is 10.1 Å². The van der Waals surface area contributed by atoms with Crippen LogP contribution in [0.5, 0.6) is 5.75 Å². The third kappa shape index (κ3) is 5.24. The number of nitro benzene ring substituents is 1. The average molecular weight is 428 g/mol. The number of carbonyl (C=O) groups is 1. The van der Waals surface area contributed by atoms with Crippen LogP contribution in [0.3, 0.4) is 0 Å². The van der Waals surface area contributed by atoms with E-state index < -0.39 is 4.92 Å². The van der Waals surface area contributed by atoms with Gasteiger partial charge in [-0.3, -0.25) is 14.9 Å². The van der Waals surface area contributed by atoms with Gasteiger partial charge in [-0.15, -0.1) is 0 Å². The van der Waals surface area contributed by atoms with Crippen molar-refractivity contribution in [1.29, 1.82) is 0 Å². The van der Waals surface area contributed by atoms with E-state index >= 15 is 0 Å². The number of hydrogen-bond acceptors (Lipinski definition) is 6. The van der Waals surface area contributed by atoms with Gasteiger partial charge in [-0.2, -0.15) is 5.10 Å². The molecule has 2 aromatic carbocycles. The zero-order valence-corrected chi connectivity index (χ0v) is 16.8. The van der Waals surface area contributed by atoms with Crippen molar-refractivity contribution in [2.24, 2.45) is 5.10 Å². The molecule has 8 nitrogen and oxygen atoms in total. The number of furan rings is 1. The number of hydrazone groups is 1. The molecule has 0 atom stereocenters. The number of halogens is 1. The van der Waals surface area contributed by atoms with Crippen molar-refractivity contribution in [3.63, 3.8) is 0 Å². The highest BCUT2D eigenvalue weighted by Gasteiger charge is 2.15. The van der Waals surface area contributed by atoms with Gasteiger partial charge >= 0.3 is 0 Å². The summed E-state index contributed by atoms with van der Waals surface area (Å²) in [6, 6.07) is 14.4. The second-order valence-electron chi connectivity index (χ2n) is 6.20. The van der Waals surface area contributed by atoms with Crippen molar-refractivity contribution in [3.8, 4) is 17.1 Å². The quantitative estimate of drug-likeness (QED) is 0.307. The molecule has 0 spiro atoms. The Morgan fingerprint density at radius 2 is 2.00 bits per heavy atom. The molecule has 3 aromatic rings. The molecule has 0 saturated heterocycles. The van der Waals surface area contributed by atoms with E-state index in [1.54, 1.807) is 42.5 Å². The topological polar surface area (TPSA) is 107 Å². The predicted octanol–water partition coefficient (Wildman–Crippen LogP) is 5.06. The van der Waals surface area contributed by atoms with Crippen LogP contribution in [-0.2, 0) is 0 Å². The number of nitrogens with one attached hydrogen (secondary N) is 1. The molecule has 0 saturated carbocycles. The Balaban J connectivity index is 1.62. The second kappa shape index (κ2) is 9.71. The number of hydrogen-bond donors (Lipinski definition) is 1. The molecule has 0 aliphatic heterocycles. The summed E-state index contributed by atoms with van der Waals surface area (Å²) < 4.78 is 11.1. The highest BCUT2D eigenvalue weighted by molar-refractivity contribution is 6.32. The molecule has 0 fully saturated rings. The average Bonchev–Trinajstić information content (AvgIpc) is 3.21. The molecular formula is C21H18ClN3O5. The summed E-state index contributed by atoms with van der Waals surface area (Å²) in [5.74, 6) is 1.09. The van der Waals surface area contributed by atoms with E-state index in [9.17, 15) is 14.9 Å². The van der Waals surface area contributed by atoms with Gasteiger partial charge in [-0.1, -0.05) is 18.5 Å². The maximum Gasteiger partial charge on any atom is 0.288 e. The predicted molar refractivity (Wildman–Crippen MR) is 113 cm³/mol. The Labute approximate surface area is 177 Å². The molecule has 30 heavy (non-hydrogen) atoms. The van der Waals surface area contributed by atoms with E-state index in [1.165, 1.54) is 18.3 Å². The van der Waals surface area contributed by atoms with Gasteiger partial charge in [0.05, 0.1) is 17.7 Å². The van der Waals surface area contributed by atoms with Gasteiger partial charge in [0.25, 0.3) is 11.6 Å². The maximum atomic E-state index is 12.1. The van der Waals surface area contributed by atoms with Crippen LogP contribution in [-0.4, -0.2) is 23.7 Å². The van der Waals surface area contributed by atoms with Gasteiger partial charge in [-0.05, 0) is 55.0 Å². The molecule has 1 aromatic heterocycles. The van der Waals surface area contributed by atoms with Gasteiger partial charge < -0.3 is 9.15 Å². The highest BCUT2D eigenvalue weighted by atomic mass is 35.5. The molecule has 0 unspecified atom stereocenters. The fraction of sp³-hybridized carbons (Fsp3) is 0.143. The number of benzene rings is 2. The summed E-state index contributed by atoms with van der Waals surface area (Å²) in [6.45, 7) is 2.63. The van der Waals surface area contributed by atoms with Crippen molar-refractivity contribution in [3.05, 3.63) is 81.1 Å². The summed E-state index contributed by atoms with van der Waals surface area (Å²) in [6.07, 6.45) is 2.24. The van der Waals surface area contributed by atoms with Crippen molar-refractivity contribution in [2.45, 2.75) is 13.3 Å². The van der Waals surface area contributed by atoms with Crippen LogP contribution in [0.25, 0.3) is 11.3 Å². The molecule has 0 aliphatic carbocycles. The second-order valence-corrected chi connectivity index (χ2v) is 6.60. The Bertz CT molecular complexity index is 1080. The number of ether oxygens (including phenoxy) is 1. The number of nitrogens with zero attached hydrogens (tertiary/aromatic N) is 2. The van der Waals surface area contributed by atoms with E-state index in [0.29, 0.717) is 35.0 Å². The molecule has 1 amide bonds. The molecule has 0 radical (unpaired) electrons. The smallest absolute Gasteiger partial charge is 0.288 e. The summed E-state index contributed by atoms with van der Waals surface area (Å²) in [5.41, 5.74) is 3.14. The lowest BCUT2D eigenvalue weighted by molar-refractivity contribution is -0.384. The summed E-state index contributed by atoms with van der Waals surface area (Å²) >= 11 is 5.82. The minimum Gasteiger partial charge on any atom is -0.494 e. The first-order valence-corrected chi connectivity index (χ1v) is 9.46. The number of rotatable bonds is 8. The molecule has 3 rings (SSSR count). The molecule has 154 valence electrons. The van der Waals surface area contributed by atoms with Crippen LogP contribution in [0.1, 0.15) is 29.5 Å². The van der Waals surface area contributed by atoms with Gasteiger partial charge in [0, 0.05) is 17.2 Å². The van der Waals surface area contributed by atoms with E-state index in [-0.39, 0.29) is 16.6 Å². The molecule has 0 aliphatic rings. The third-order valence-electron chi connectivity index (χ3n) is 4.00. The normalized spacial score (nSPS) is 10.9. The Hall–Kier alpha value is -3.65. The fourth-order valence-electron chi connectivity index (χ4n) is 2.52. The first kappa shape index (κ1) is 21.1. The Morgan fingerprint density at radius 3 is 2.70 bits per heavy atom. The van der Waals surface area contributed by atoms with Crippen LogP contribution < -0.4 is 10.2 Å². The standard InChI is InChI=1S/C21H18ClN3O5/c1-2-11-29-16-6-3-14(4-7-16)21(26)24-23-13-17-8-10-20(30-17)15-5-9-18(22)19(12-15)25(27)28/h3-10,12-13H,2,11H2,1H3,(H,24,26)/b23-13-. The SMILES string of the molecule is CCCOc1ccc(C(=O)N/N=C\c2ccc(-c3ccc(Cl)c([N+](=O)[O-])c3)o2)cc1. The van der Waals surface area contributed by atoms with Crippen LogP contribution >= 0.6 is 11.6 Å². The Morgan fingerprint density at radius 1 is 1.23 bits per heavy atom. The first-order valence-electron chi connectivity index (χ1n) is 9.08. The molecule has 1 heterocycles. The lowest BCUT2D eigenvalue weighted by Crippen LogP contribution is -2.17. The molecular weight excluding hydrogens is 410 g/mol. The minimum absolute atomic E-state index is 0.0461. The largest absolute Gasteiger partial charge is 0.494 e. The van der Waals surface area contributed by atoms with Crippen LogP contribution in [0.15, 0.2) is 64.1 Å². The maximum absolute atomic E-state index is 12.1. The number of carbonyl (C=O) groups excluding carboxylic acids is 1. The number of nitro groups is 1. The van der Waals surface area contributed by atoms with E-state index in [2.05, 4.69) is 10.5 Å². The van der Waals surface area contributed by atoms with E-state index in [0.717, 1.165) is 6.42 Å². The summed E-state index contributed by atoms with van der Waals surface area (Å²) in [4.78, 5) is 22.6. The summed E-state index contributed by atoms with van der Waals surface area (Å²) in [7, 11) is 0. The molecule has 0 bridgehead atoms. The molecule has 1 N–H and O–H groups in total. The van der Waals surface area contributed by atoms with Crippen molar-refractivity contribution >= 4 is 29.4 Å². The van der Waals surface area contributed by atoms with Crippen LogP contribution in [0.2, 0.25) is 5.02 Å². The minimum atomic E-state index is -0.560. The molecule has 9 heteroatoms. The van der Waals surface area contributed by atoms with Crippen molar-refractivity contribution in [1.82, 2.24) is 5.43 Å². The highest BCUT2D eigenvalue weighted by Crippen LogP contribution is 2.31. The van der Waals surface area contributed by atoms with Gasteiger partial charge in [0.1, 0.15) is 22.3 Å². The summed E-state index contributed by atoms with van der Waals surface area (Å²) in [5, 5.41) is 14.9. The van der Waals surface area contributed by atoms with Gasteiger partial charge in [-0.25, -0.2) is 5.43 Å². The zero-order chi connectivity index (χ0) is 21.5. The lowest BCUT2D eigenvalue weighted by Gasteiger charge is -2.05. The van der Waals surface area contributed by atoms with Crippen molar-refractivity contribution < 1.29 is 18.9 Å². The zero-order valence-electron chi connectivity index (χ0n) is 16.0. The van der Waals surface area contributed by atoms with E-state index in [4.69, 9.17) is 20.8 Å². The third-order valence-corrected chi connectivity index (χ3v) is 4.32. The Kier molecular flexibility index (Phi) is 6.82. The van der Waals surface area contributed by atoms with Gasteiger partial charge in [0.2, 0.25) is 0 Å². The fourth-order valence-corrected chi connectivity index (χ4v) is 2.71. The monoisotopic (exact) mass is 427 g/mol. The lowest BCUT2D eigenvalue weighted by atomic mass is 10.1. The first-order chi connectivity index (χ1) is 14.5. The van der Waals surface area contributed by atoms with E-state index in [1.807, 2.05) is 6.92 Å². The van der Waals surface area contributed by atoms with Crippen molar-refractivity contribution in [2.75, 3.05) is 6.61 Å². The number of amides is 1. The van der Waals surface area contributed by atoms with Crippen LogP contribution in [0.4, 0.5) is 5.69 Å².